The van der Waals surface area contributed by atoms with Crippen LogP contribution in [0.25, 0.3) is 0 Å². The predicted octanol–water partition coefficient (Wildman–Crippen LogP) is 2.53. The van der Waals surface area contributed by atoms with Crippen molar-refractivity contribution in [1.29, 1.82) is 5.26 Å². The Labute approximate surface area is 112 Å². The van der Waals surface area contributed by atoms with Crippen molar-refractivity contribution in [2.75, 3.05) is 13.1 Å². The standard InChI is InChI=1S/C15H27N3/c1-12(2)17-15(3,10-16)11-18-9-5-7-13-6-4-8-14(13)18/h12-14,17H,4-9,11H2,1-3H3. The number of hydrogen-bond acceptors (Lipinski definition) is 3. The Kier molecular flexibility index (Phi) is 4.29. The highest BCUT2D eigenvalue weighted by molar-refractivity contribution is 5.08. The van der Waals surface area contributed by atoms with Gasteiger partial charge in [-0.05, 0) is 58.9 Å². The Bertz CT molecular complexity index is 320. The second kappa shape index (κ2) is 5.59. The molecule has 0 aromatic heterocycles. The van der Waals surface area contributed by atoms with Crippen LogP contribution in [0.3, 0.4) is 0 Å². The molecule has 1 saturated heterocycles. The van der Waals surface area contributed by atoms with E-state index >= 15 is 0 Å². The normalized spacial score (nSPS) is 31.9. The van der Waals surface area contributed by atoms with Crippen molar-refractivity contribution in [2.24, 2.45) is 5.92 Å². The van der Waals surface area contributed by atoms with Gasteiger partial charge in [0.2, 0.25) is 0 Å². The molecule has 0 aromatic rings. The van der Waals surface area contributed by atoms with Crippen LogP contribution in [0, 0.1) is 17.2 Å². The third kappa shape index (κ3) is 3.05. The number of rotatable bonds is 4. The minimum atomic E-state index is -0.404. The summed E-state index contributed by atoms with van der Waals surface area (Å²) < 4.78 is 0. The SMILES string of the molecule is CC(C)NC(C)(C#N)CN1CCCC2CCCC21. The Hall–Kier alpha value is -0.590. The summed E-state index contributed by atoms with van der Waals surface area (Å²) in [6.07, 6.45) is 6.84. The van der Waals surface area contributed by atoms with Gasteiger partial charge in [-0.2, -0.15) is 5.26 Å². The fourth-order valence-electron chi connectivity index (χ4n) is 3.91. The molecule has 102 valence electrons. The van der Waals surface area contributed by atoms with Gasteiger partial charge in [-0.1, -0.05) is 6.42 Å². The van der Waals surface area contributed by atoms with Crippen molar-refractivity contribution in [1.82, 2.24) is 10.2 Å². The molecule has 1 N–H and O–H groups in total. The summed E-state index contributed by atoms with van der Waals surface area (Å²) in [6.45, 7) is 8.33. The van der Waals surface area contributed by atoms with E-state index in [0.29, 0.717) is 6.04 Å². The number of hydrogen-bond donors (Lipinski definition) is 1. The first-order valence-electron chi connectivity index (χ1n) is 7.47. The van der Waals surface area contributed by atoms with Crippen LogP contribution < -0.4 is 5.32 Å². The molecule has 3 nitrogen and oxygen atoms in total. The largest absolute Gasteiger partial charge is 0.297 e. The Morgan fingerprint density at radius 2 is 2.06 bits per heavy atom. The highest BCUT2D eigenvalue weighted by atomic mass is 15.2. The molecule has 0 bridgehead atoms. The zero-order valence-corrected chi connectivity index (χ0v) is 12.1. The molecule has 1 aliphatic carbocycles. The Morgan fingerprint density at radius 3 is 2.72 bits per heavy atom. The smallest absolute Gasteiger partial charge is 0.116 e. The third-order valence-corrected chi connectivity index (χ3v) is 4.48. The lowest BCUT2D eigenvalue weighted by Gasteiger charge is -2.41. The lowest BCUT2D eigenvalue weighted by molar-refractivity contribution is 0.0903. The quantitative estimate of drug-likeness (QED) is 0.832. The van der Waals surface area contributed by atoms with Gasteiger partial charge in [0, 0.05) is 18.6 Å². The number of fused-ring (bicyclic) bond motifs is 1. The monoisotopic (exact) mass is 249 g/mol. The van der Waals surface area contributed by atoms with Crippen LogP contribution in [0.15, 0.2) is 0 Å². The van der Waals surface area contributed by atoms with Crippen molar-refractivity contribution in [2.45, 2.75) is 70.5 Å². The average Bonchev–Trinajstić information content (AvgIpc) is 2.77. The average molecular weight is 249 g/mol. The lowest BCUT2D eigenvalue weighted by atomic mass is 9.90. The maximum absolute atomic E-state index is 9.47. The molecular formula is C15H27N3. The van der Waals surface area contributed by atoms with Crippen LogP contribution in [0.2, 0.25) is 0 Å². The van der Waals surface area contributed by atoms with Crippen molar-refractivity contribution in [3.63, 3.8) is 0 Å². The molecule has 1 heterocycles. The van der Waals surface area contributed by atoms with E-state index in [1.54, 1.807) is 0 Å². The first-order valence-corrected chi connectivity index (χ1v) is 7.47. The van der Waals surface area contributed by atoms with Gasteiger partial charge in [-0.25, -0.2) is 0 Å². The number of piperidine rings is 1. The molecule has 3 heteroatoms. The maximum Gasteiger partial charge on any atom is 0.116 e. The summed E-state index contributed by atoms with van der Waals surface area (Å²) in [5.74, 6) is 0.903. The first kappa shape index (κ1) is 13.8. The molecule has 2 rings (SSSR count). The third-order valence-electron chi connectivity index (χ3n) is 4.48. The van der Waals surface area contributed by atoms with Crippen molar-refractivity contribution < 1.29 is 0 Å². The highest BCUT2D eigenvalue weighted by Crippen LogP contribution is 2.37. The van der Waals surface area contributed by atoms with E-state index in [-0.39, 0.29) is 0 Å². The second-order valence-corrected chi connectivity index (χ2v) is 6.61. The van der Waals surface area contributed by atoms with Gasteiger partial charge >= 0.3 is 0 Å². The van der Waals surface area contributed by atoms with Crippen LogP contribution in [0.5, 0.6) is 0 Å². The molecule has 1 saturated carbocycles. The molecular weight excluding hydrogens is 222 g/mol. The van der Waals surface area contributed by atoms with Crippen LogP contribution in [0.4, 0.5) is 0 Å². The van der Waals surface area contributed by atoms with E-state index < -0.39 is 5.54 Å². The van der Waals surface area contributed by atoms with Crippen molar-refractivity contribution >= 4 is 0 Å². The van der Waals surface area contributed by atoms with E-state index in [9.17, 15) is 5.26 Å². The maximum atomic E-state index is 9.47. The molecule has 0 aromatic carbocycles. The van der Waals surface area contributed by atoms with E-state index in [2.05, 4.69) is 30.1 Å². The van der Waals surface area contributed by atoms with Crippen LogP contribution in [-0.4, -0.2) is 35.6 Å². The lowest BCUT2D eigenvalue weighted by Crippen LogP contribution is -2.56. The van der Waals surface area contributed by atoms with Crippen molar-refractivity contribution in [3.05, 3.63) is 0 Å². The summed E-state index contributed by atoms with van der Waals surface area (Å²) in [6, 6.07) is 3.59. The van der Waals surface area contributed by atoms with Gasteiger partial charge in [-0.3, -0.25) is 10.2 Å². The fraction of sp³-hybridized carbons (Fsp3) is 0.933. The van der Waals surface area contributed by atoms with Crippen LogP contribution in [0.1, 0.15) is 52.9 Å². The Morgan fingerprint density at radius 1 is 1.33 bits per heavy atom. The molecule has 0 spiro atoms. The summed E-state index contributed by atoms with van der Waals surface area (Å²) in [5, 5.41) is 12.9. The number of nitrogens with one attached hydrogen (secondary N) is 1. The van der Waals surface area contributed by atoms with Crippen LogP contribution >= 0.6 is 0 Å². The minimum absolute atomic E-state index is 0.360. The van der Waals surface area contributed by atoms with Gasteiger partial charge in [-0.15, -0.1) is 0 Å². The number of nitriles is 1. The van der Waals surface area contributed by atoms with Crippen molar-refractivity contribution in [3.8, 4) is 6.07 Å². The number of nitrogens with zero attached hydrogens (tertiary/aromatic N) is 2. The second-order valence-electron chi connectivity index (χ2n) is 6.61. The molecule has 1 aliphatic heterocycles. The molecule has 3 atom stereocenters. The molecule has 0 amide bonds. The predicted molar refractivity (Wildman–Crippen MR) is 74.2 cm³/mol. The van der Waals surface area contributed by atoms with E-state index in [1.165, 1.54) is 38.6 Å². The molecule has 0 radical (unpaired) electrons. The topological polar surface area (TPSA) is 39.1 Å². The summed E-state index contributed by atoms with van der Waals surface area (Å²) in [5.41, 5.74) is -0.404. The first-order chi connectivity index (χ1) is 8.54. The summed E-state index contributed by atoms with van der Waals surface area (Å²) in [4.78, 5) is 2.58. The van der Waals surface area contributed by atoms with Gasteiger partial charge in [0.1, 0.15) is 5.54 Å². The molecule has 2 aliphatic rings. The van der Waals surface area contributed by atoms with Gasteiger partial charge in [0.15, 0.2) is 0 Å². The van der Waals surface area contributed by atoms with Gasteiger partial charge < -0.3 is 0 Å². The van der Waals surface area contributed by atoms with E-state index in [1.807, 2.05) is 6.92 Å². The highest BCUT2D eigenvalue weighted by Gasteiger charge is 2.38. The molecule has 2 fully saturated rings. The van der Waals surface area contributed by atoms with Gasteiger partial charge in [0.05, 0.1) is 6.07 Å². The zero-order valence-electron chi connectivity index (χ0n) is 12.1. The fourth-order valence-corrected chi connectivity index (χ4v) is 3.91. The van der Waals surface area contributed by atoms with E-state index in [4.69, 9.17) is 0 Å². The van der Waals surface area contributed by atoms with Crippen LogP contribution in [-0.2, 0) is 0 Å². The summed E-state index contributed by atoms with van der Waals surface area (Å²) >= 11 is 0. The molecule has 18 heavy (non-hydrogen) atoms. The molecule has 3 unspecified atom stereocenters. The number of likely N-dealkylation sites (tertiary alicyclic amines) is 1. The minimum Gasteiger partial charge on any atom is -0.297 e. The van der Waals surface area contributed by atoms with E-state index in [0.717, 1.165) is 18.5 Å². The summed E-state index contributed by atoms with van der Waals surface area (Å²) in [7, 11) is 0. The van der Waals surface area contributed by atoms with Gasteiger partial charge in [0.25, 0.3) is 0 Å². The Balaban J connectivity index is 2.00. The zero-order chi connectivity index (χ0) is 13.2.